The Balaban J connectivity index is 1.42. The van der Waals surface area contributed by atoms with Gasteiger partial charge in [0.25, 0.3) is 0 Å². The molecule has 0 saturated heterocycles. The average Bonchev–Trinajstić information content (AvgIpc) is 3.39. The van der Waals surface area contributed by atoms with Gasteiger partial charge in [-0.15, -0.1) is 0 Å². The van der Waals surface area contributed by atoms with Crippen LogP contribution in [0.25, 0.3) is 11.1 Å². The number of rotatable bonds is 14. The van der Waals surface area contributed by atoms with Crippen molar-refractivity contribution in [3.05, 3.63) is 83.9 Å². The molecule has 1 saturated carbocycles. The van der Waals surface area contributed by atoms with Crippen molar-refractivity contribution >= 4 is 21.5 Å². The predicted octanol–water partition coefficient (Wildman–Crippen LogP) is 6.66. The van der Waals surface area contributed by atoms with E-state index in [1.807, 2.05) is 6.07 Å². The number of allylic oxidation sites excluding steroid dienone is 3. The Labute approximate surface area is 222 Å². The van der Waals surface area contributed by atoms with Crippen LogP contribution in [-0.4, -0.2) is 26.2 Å². The molecular formula is C31H41NO4S. The quantitative estimate of drug-likeness (QED) is 0.271. The minimum absolute atomic E-state index is 0.165. The highest BCUT2D eigenvalue weighted by molar-refractivity contribution is 7.84. The molecule has 0 amide bonds. The molecule has 2 aliphatic carbocycles. The van der Waals surface area contributed by atoms with Crippen LogP contribution >= 0.6 is 0 Å². The highest BCUT2D eigenvalue weighted by atomic mass is 32.2. The first-order chi connectivity index (χ1) is 17.8. The summed E-state index contributed by atoms with van der Waals surface area (Å²) in [5.74, 6) is 0.185. The van der Waals surface area contributed by atoms with Crippen LogP contribution in [0, 0.1) is 11.3 Å². The molecule has 2 aliphatic rings. The summed E-state index contributed by atoms with van der Waals surface area (Å²) in [6.07, 6.45) is 10.8. The molecule has 6 heteroatoms. The second kappa shape index (κ2) is 12.5. The standard InChI is InChI=1S/C31H41NO4S/c1-24(25-15-10-7-11-16-25)31-21-20-29(33)28(31)23-27(30(31)26-17-12-8-13-18-26)19-9-5-3-2-4-6-14-22-36-37(32,34)35/h7-8,10-13,15-18,28-29,33H,1-6,9,14,19-23H2,(H2,32,34,35). The summed E-state index contributed by atoms with van der Waals surface area (Å²) >= 11 is 0. The van der Waals surface area contributed by atoms with E-state index in [0.717, 1.165) is 63.4 Å². The third-order valence-electron chi connectivity index (χ3n) is 8.29. The molecule has 4 rings (SSSR count). The lowest BCUT2D eigenvalue weighted by atomic mass is 9.66. The fraction of sp³-hybridized carbons (Fsp3) is 0.484. The van der Waals surface area contributed by atoms with Gasteiger partial charge in [-0.3, -0.25) is 4.18 Å². The Morgan fingerprint density at radius 3 is 2.19 bits per heavy atom. The van der Waals surface area contributed by atoms with Gasteiger partial charge in [0.2, 0.25) is 0 Å². The zero-order valence-electron chi connectivity index (χ0n) is 21.8. The maximum absolute atomic E-state index is 11.1. The van der Waals surface area contributed by atoms with Gasteiger partial charge < -0.3 is 5.11 Å². The number of benzene rings is 2. The fourth-order valence-electron chi connectivity index (χ4n) is 6.61. The Kier molecular flexibility index (Phi) is 9.41. The molecule has 37 heavy (non-hydrogen) atoms. The topological polar surface area (TPSA) is 89.6 Å². The number of hydrogen-bond acceptors (Lipinski definition) is 4. The number of fused-ring (bicyclic) bond motifs is 1. The lowest BCUT2D eigenvalue weighted by Crippen LogP contribution is -2.29. The van der Waals surface area contributed by atoms with Crippen LogP contribution in [-0.2, 0) is 14.5 Å². The van der Waals surface area contributed by atoms with Crippen molar-refractivity contribution in [2.24, 2.45) is 16.5 Å². The number of unbranched alkanes of at least 4 members (excludes halogenated alkanes) is 6. The van der Waals surface area contributed by atoms with Crippen LogP contribution in [0.1, 0.15) is 81.8 Å². The summed E-state index contributed by atoms with van der Waals surface area (Å²) in [6.45, 7) is 4.82. The van der Waals surface area contributed by atoms with Crippen LogP contribution in [0.15, 0.2) is 72.8 Å². The van der Waals surface area contributed by atoms with Crippen molar-refractivity contribution in [1.82, 2.24) is 0 Å². The van der Waals surface area contributed by atoms with Crippen LogP contribution in [0.3, 0.4) is 0 Å². The molecule has 3 atom stereocenters. The number of nitrogens with two attached hydrogens (primary N) is 1. The third-order valence-corrected chi connectivity index (χ3v) is 8.79. The molecule has 0 radical (unpaired) electrons. The Hall–Kier alpha value is -2.25. The minimum atomic E-state index is -3.82. The lowest BCUT2D eigenvalue weighted by molar-refractivity contribution is 0.120. The maximum atomic E-state index is 11.1. The number of aliphatic hydroxyl groups is 1. The van der Waals surface area contributed by atoms with Gasteiger partial charge in [-0.25, -0.2) is 5.14 Å². The van der Waals surface area contributed by atoms with Gasteiger partial charge in [0.05, 0.1) is 12.7 Å². The van der Waals surface area contributed by atoms with Gasteiger partial charge >= 0.3 is 10.3 Å². The van der Waals surface area contributed by atoms with Crippen LogP contribution in [0.5, 0.6) is 0 Å². The summed E-state index contributed by atoms with van der Waals surface area (Å²) in [5.41, 5.74) is 6.29. The van der Waals surface area contributed by atoms with E-state index in [4.69, 9.17) is 5.14 Å². The van der Waals surface area contributed by atoms with Gasteiger partial charge in [-0.05, 0) is 60.8 Å². The van der Waals surface area contributed by atoms with Crippen molar-refractivity contribution in [2.45, 2.75) is 76.7 Å². The monoisotopic (exact) mass is 523 g/mol. The Morgan fingerprint density at radius 2 is 1.54 bits per heavy atom. The molecule has 2 aromatic carbocycles. The van der Waals surface area contributed by atoms with E-state index < -0.39 is 10.3 Å². The highest BCUT2D eigenvalue weighted by Crippen LogP contribution is 2.66. The molecule has 2 aromatic rings. The van der Waals surface area contributed by atoms with Gasteiger partial charge in [-0.2, -0.15) is 8.42 Å². The zero-order valence-corrected chi connectivity index (χ0v) is 22.6. The Bertz CT molecular complexity index is 1180. The molecule has 0 heterocycles. The normalized spacial score (nSPS) is 23.4. The van der Waals surface area contributed by atoms with Gasteiger partial charge in [-0.1, -0.05) is 105 Å². The van der Waals surface area contributed by atoms with Crippen LogP contribution in [0.2, 0.25) is 0 Å². The van der Waals surface area contributed by atoms with Crippen LogP contribution < -0.4 is 5.14 Å². The van der Waals surface area contributed by atoms with Crippen molar-refractivity contribution in [3.63, 3.8) is 0 Å². The molecule has 0 aliphatic heterocycles. The molecule has 5 nitrogen and oxygen atoms in total. The molecule has 0 bridgehead atoms. The molecule has 1 fully saturated rings. The van der Waals surface area contributed by atoms with E-state index in [0.29, 0.717) is 6.42 Å². The summed E-state index contributed by atoms with van der Waals surface area (Å²) in [6, 6.07) is 21.3. The van der Waals surface area contributed by atoms with Gasteiger partial charge in [0, 0.05) is 11.3 Å². The largest absolute Gasteiger partial charge is 0.393 e. The number of aliphatic hydroxyl groups excluding tert-OH is 1. The zero-order chi connectivity index (χ0) is 26.3. The summed E-state index contributed by atoms with van der Waals surface area (Å²) < 4.78 is 26.2. The van der Waals surface area contributed by atoms with E-state index in [1.54, 1.807) is 0 Å². The third kappa shape index (κ3) is 6.61. The van der Waals surface area contributed by atoms with E-state index in [1.165, 1.54) is 28.7 Å². The van der Waals surface area contributed by atoms with Crippen molar-refractivity contribution < 1.29 is 17.7 Å². The number of hydrogen-bond donors (Lipinski definition) is 2. The van der Waals surface area contributed by atoms with Gasteiger partial charge in [0.15, 0.2) is 0 Å². The smallest absolute Gasteiger partial charge is 0.333 e. The second-order valence-corrected chi connectivity index (χ2v) is 11.8. The maximum Gasteiger partial charge on any atom is 0.333 e. The molecule has 0 aromatic heterocycles. The summed E-state index contributed by atoms with van der Waals surface area (Å²) in [5, 5.41) is 15.9. The van der Waals surface area contributed by atoms with Crippen molar-refractivity contribution in [3.8, 4) is 0 Å². The molecule has 0 spiro atoms. The van der Waals surface area contributed by atoms with Crippen LogP contribution in [0.4, 0.5) is 0 Å². The van der Waals surface area contributed by atoms with E-state index in [2.05, 4.69) is 65.4 Å². The Morgan fingerprint density at radius 1 is 0.946 bits per heavy atom. The lowest BCUT2D eigenvalue weighted by Gasteiger charge is -2.37. The molecule has 3 N–H and O–H groups in total. The first-order valence-electron chi connectivity index (χ1n) is 13.7. The average molecular weight is 524 g/mol. The highest BCUT2D eigenvalue weighted by Gasteiger charge is 2.56. The SMILES string of the molecule is C=C(c1ccccc1)C12CCC(O)C1CC(CCCCCCCCCOS(N)(=O)=O)=C2c1ccccc1. The molecule has 3 unspecified atom stereocenters. The van der Waals surface area contributed by atoms with E-state index >= 15 is 0 Å². The predicted molar refractivity (Wildman–Crippen MR) is 151 cm³/mol. The first-order valence-corrected chi connectivity index (χ1v) is 15.2. The molecule has 200 valence electrons. The second-order valence-electron chi connectivity index (χ2n) is 10.6. The van der Waals surface area contributed by atoms with E-state index in [-0.39, 0.29) is 24.0 Å². The van der Waals surface area contributed by atoms with Crippen molar-refractivity contribution in [2.75, 3.05) is 6.61 Å². The summed E-state index contributed by atoms with van der Waals surface area (Å²) in [7, 11) is -3.82. The first kappa shape index (κ1) is 27.8. The fourth-order valence-corrected chi connectivity index (χ4v) is 6.96. The minimum Gasteiger partial charge on any atom is -0.393 e. The summed E-state index contributed by atoms with van der Waals surface area (Å²) in [4.78, 5) is 0. The van der Waals surface area contributed by atoms with Gasteiger partial charge in [0.1, 0.15) is 0 Å². The van der Waals surface area contributed by atoms with Crippen molar-refractivity contribution in [1.29, 1.82) is 0 Å². The van der Waals surface area contributed by atoms with E-state index in [9.17, 15) is 13.5 Å². The molecular weight excluding hydrogens is 482 g/mol.